The molecule has 0 spiro atoms. The van der Waals surface area contributed by atoms with Crippen LogP contribution in [0.5, 0.6) is 0 Å². The van der Waals surface area contributed by atoms with Crippen molar-refractivity contribution >= 4 is 11.6 Å². The van der Waals surface area contributed by atoms with Crippen LogP contribution in [0.15, 0.2) is 11.8 Å². The smallest absolute Gasteiger partial charge is 0.139 e. The first-order valence-corrected chi connectivity index (χ1v) is 10.5. The van der Waals surface area contributed by atoms with Crippen molar-refractivity contribution in [1.82, 2.24) is 0 Å². The summed E-state index contributed by atoms with van der Waals surface area (Å²) in [4.78, 5) is 25.7. The highest BCUT2D eigenvalue weighted by molar-refractivity contribution is 5.88. The lowest BCUT2D eigenvalue weighted by molar-refractivity contribution is -0.153. The van der Waals surface area contributed by atoms with E-state index >= 15 is 0 Å². The molecule has 0 aromatic rings. The Morgan fingerprint density at radius 3 is 2.69 bits per heavy atom. The van der Waals surface area contributed by atoms with Gasteiger partial charge in [0.1, 0.15) is 11.6 Å². The van der Waals surface area contributed by atoms with Crippen molar-refractivity contribution in [2.24, 2.45) is 40.2 Å². The van der Waals surface area contributed by atoms with Crippen molar-refractivity contribution in [3.8, 4) is 0 Å². The van der Waals surface area contributed by atoms with Gasteiger partial charge in [0, 0.05) is 30.7 Å². The number of hydrogen-bond acceptors (Lipinski definition) is 4. The second-order valence-corrected chi connectivity index (χ2v) is 9.66. The first kappa shape index (κ1) is 18.2. The number of fused-ring (bicyclic) bond motifs is 5. The molecule has 26 heavy (non-hydrogen) atoms. The van der Waals surface area contributed by atoms with Crippen molar-refractivity contribution in [3.05, 3.63) is 11.8 Å². The number of Topliss-reactive ketones (excluding diaryl/α,β-unsaturated/α-hetero) is 2. The largest absolute Gasteiger partial charge is 0.500 e. The van der Waals surface area contributed by atoms with E-state index < -0.39 is 0 Å². The van der Waals surface area contributed by atoms with Gasteiger partial charge in [0.2, 0.25) is 0 Å². The van der Waals surface area contributed by atoms with E-state index in [1.54, 1.807) is 0 Å². The predicted octanol–water partition coefficient (Wildman–Crippen LogP) is 3.64. The molecule has 0 bridgehead atoms. The molecule has 0 aromatic carbocycles. The van der Waals surface area contributed by atoms with Gasteiger partial charge in [-0.1, -0.05) is 13.8 Å². The van der Waals surface area contributed by atoms with Crippen molar-refractivity contribution in [2.75, 3.05) is 13.2 Å². The highest BCUT2D eigenvalue weighted by Gasteiger charge is 2.61. The van der Waals surface area contributed by atoms with E-state index in [0.717, 1.165) is 44.9 Å². The summed E-state index contributed by atoms with van der Waals surface area (Å²) in [5.41, 5.74) is 6.71. The summed E-state index contributed by atoms with van der Waals surface area (Å²) in [6, 6.07) is 0. The molecule has 4 saturated carbocycles. The highest BCUT2D eigenvalue weighted by atomic mass is 16.5. The SMILES string of the molecule is C[C@]12CC/C(=C\OCCN)C[C@@H]1C(=O)C[C@@H]1[C@@H]2CC[C@]2(C)C(=O)CC[C@@H]12. The lowest BCUT2D eigenvalue weighted by Crippen LogP contribution is -2.56. The van der Waals surface area contributed by atoms with Crippen molar-refractivity contribution in [1.29, 1.82) is 0 Å². The summed E-state index contributed by atoms with van der Waals surface area (Å²) in [5.74, 6) is 2.47. The zero-order valence-electron chi connectivity index (χ0n) is 16.3. The van der Waals surface area contributed by atoms with Crippen LogP contribution in [-0.4, -0.2) is 24.7 Å². The predicted molar refractivity (Wildman–Crippen MR) is 100 cm³/mol. The summed E-state index contributed by atoms with van der Waals surface area (Å²) in [5, 5.41) is 0. The van der Waals surface area contributed by atoms with Gasteiger partial charge in [-0.05, 0) is 67.3 Å². The molecule has 0 aliphatic heterocycles. The van der Waals surface area contributed by atoms with Crippen LogP contribution in [-0.2, 0) is 14.3 Å². The third-order valence-corrected chi connectivity index (χ3v) is 8.55. The Kier molecular flexibility index (Phi) is 4.53. The average Bonchev–Trinajstić information content (AvgIpc) is 2.92. The molecule has 4 heteroatoms. The van der Waals surface area contributed by atoms with Gasteiger partial charge in [0.15, 0.2) is 0 Å². The molecule has 0 saturated heterocycles. The quantitative estimate of drug-likeness (QED) is 0.617. The molecule has 0 amide bonds. The van der Waals surface area contributed by atoms with E-state index in [9.17, 15) is 9.59 Å². The summed E-state index contributed by atoms with van der Waals surface area (Å²) in [6.07, 6.45) is 9.36. The molecule has 6 atom stereocenters. The highest BCUT2D eigenvalue weighted by Crippen LogP contribution is 2.65. The minimum atomic E-state index is -0.152. The van der Waals surface area contributed by atoms with Gasteiger partial charge in [-0.25, -0.2) is 0 Å². The van der Waals surface area contributed by atoms with Crippen LogP contribution in [0, 0.1) is 34.5 Å². The van der Waals surface area contributed by atoms with Gasteiger partial charge in [-0.15, -0.1) is 0 Å². The number of ether oxygens (including phenoxy) is 1. The second-order valence-electron chi connectivity index (χ2n) is 9.66. The minimum absolute atomic E-state index is 0.0954. The van der Waals surface area contributed by atoms with Crippen LogP contribution in [0.25, 0.3) is 0 Å². The maximum atomic E-state index is 13.2. The molecule has 0 radical (unpaired) electrons. The second kappa shape index (κ2) is 6.47. The molecule has 4 aliphatic carbocycles. The summed E-state index contributed by atoms with van der Waals surface area (Å²) in [7, 11) is 0. The maximum Gasteiger partial charge on any atom is 0.139 e. The maximum absolute atomic E-state index is 13.2. The van der Waals surface area contributed by atoms with Gasteiger partial charge in [0.25, 0.3) is 0 Å². The van der Waals surface area contributed by atoms with E-state index in [4.69, 9.17) is 10.5 Å². The first-order chi connectivity index (χ1) is 12.4. The normalized spacial score (nSPS) is 46.7. The molecule has 144 valence electrons. The molecule has 4 nitrogen and oxygen atoms in total. The van der Waals surface area contributed by atoms with Crippen LogP contribution in [0.1, 0.15) is 65.2 Å². The third-order valence-electron chi connectivity index (χ3n) is 8.55. The standard InChI is InChI=1S/C22H33NO3/c1-21-7-5-14(13-26-10-9-23)11-18(21)19(24)12-15-16-3-4-20(25)22(16,2)8-6-17(15)21/h13,15-18H,3-12,23H2,1-2H3/b14-13+/t15-,16-,17-,18+,21+,22-/m0/s1. The van der Waals surface area contributed by atoms with Gasteiger partial charge in [-0.2, -0.15) is 0 Å². The fourth-order valence-corrected chi connectivity index (χ4v) is 7.02. The van der Waals surface area contributed by atoms with E-state index in [2.05, 4.69) is 13.8 Å². The summed E-state index contributed by atoms with van der Waals surface area (Å²) < 4.78 is 5.52. The van der Waals surface area contributed by atoms with Crippen LogP contribution in [0.2, 0.25) is 0 Å². The Bertz CT molecular complexity index is 641. The van der Waals surface area contributed by atoms with Crippen molar-refractivity contribution < 1.29 is 14.3 Å². The number of nitrogens with two attached hydrogens (primary N) is 1. The topological polar surface area (TPSA) is 69.4 Å². The van der Waals surface area contributed by atoms with E-state index in [0.29, 0.717) is 48.9 Å². The van der Waals surface area contributed by atoms with Gasteiger partial charge in [-0.3, -0.25) is 9.59 Å². The molecule has 4 fully saturated rings. The lowest BCUT2D eigenvalue weighted by Gasteiger charge is -2.58. The Hall–Kier alpha value is -1.16. The molecule has 0 unspecified atom stereocenters. The van der Waals surface area contributed by atoms with Crippen LogP contribution < -0.4 is 5.73 Å². The van der Waals surface area contributed by atoms with E-state index in [1.807, 2.05) is 6.26 Å². The van der Waals surface area contributed by atoms with Crippen LogP contribution in [0.4, 0.5) is 0 Å². The Labute approximate surface area is 156 Å². The monoisotopic (exact) mass is 359 g/mol. The molecular formula is C22H33NO3. The molecule has 4 rings (SSSR count). The summed E-state index contributed by atoms with van der Waals surface area (Å²) >= 11 is 0. The van der Waals surface area contributed by atoms with E-state index in [-0.39, 0.29) is 16.7 Å². The third kappa shape index (κ3) is 2.59. The fourth-order valence-electron chi connectivity index (χ4n) is 7.02. The van der Waals surface area contributed by atoms with E-state index in [1.165, 1.54) is 5.57 Å². The van der Waals surface area contributed by atoms with Gasteiger partial charge >= 0.3 is 0 Å². The first-order valence-electron chi connectivity index (χ1n) is 10.5. The number of ketones is 2. The number of carbonyl (C=O) groups is 2. The molecule has 0 aromatic heterocycles. The number of rotatable bonds is 3. The molecular weight excluding hydrogens is 326 g/mol. The number of hydrogen-bond donors (Lipinski definition) is 1. The van der Waals surface area contributed by atoms with Gasteiger partial charge in [0.05, 0.1) is 12.9 Å². The van der Waals surface area contributed by atoms with Gasteiger partial charge < -0.3 is 10.5 Å². The lowest BCUT2D eigenvalue weighted by atomic mass is 9.45. The fraction of sp³-hybridized carbons (Fsp3) is 0.818. The Morgan fingerprint density at radius 1 is 1.12 bits per heavy atom. The average molecular weight is 360 g/mol. The molecule has 4 aliphatic rings. The molecule has 2 N–H and O–H groups in total. The zero-order valence-corrected chi connectivity index (χ0v) is 16.3. The van der Waals surface area contributed by atoms with Crippen molar-refractivity contribution in [2.45, 2.75) is 65.2 Å². The molecule has 0 heterocycles. The Balaban J connectivity index is 1.57. The number of carbonyl (C=O) groups excluding carboxylic acids is 2. The van der Waals surface area contributed by atoms with Crippen LogP contribution in [0.3, 0.4) is 0 Å². The van der Waals surface area contributed by atoms with Crippen LogP contribution >= 0.6 is 0 Å². The van der Waals surface area contributed by atoms with Crippen molar-refractivity contribution in [3.63, 3.8) is 0 Å². The number of allylic oxidation sites excluding steroid dienone is 1. The Morgan fingerprint density at radius 2 is 1.92 bits per heavy atom. The zero-order chi connectivity index (χ0) is 18.5. The summed E-state index contributed by atoms with van der Waals surface area (Å²) in [6.45, 7) is 5.60. The minimum Gasteiger partial charge on any atom is -0.500 e.